The number of urea groups is 1. The number of fused-ring (bicyclic) bond motifs is 1. The number of nitrogens with one attached hydrogen (secondary N) is 2. The molecular formula is C14H18N2O3. The van der Waals surface area contributed by atoms with Crippen LogP contribution in [0.2, 0.25) is 0 Å². The van der Waals surface area contributed by atoms with Crippen molar-refractivity contribution in [1.82, 2.24) is 10.6 Å². The van der Waals surface area contributed by atoms with Gasteiger partial charge in [-0.3, -0.25) is 0 Å². The van der Waals surface area contributed by atoms with Crippen LogP contribution in [0.15, 0.2) is 34.7 Å². The van der Waals surface area contributed by atoms with Crippen molar-refractivity contribution in [2.45, 2.75) is 25.9 Å². The van der Waals surface area contributed by atoms with Gasteiger partial charge in [0.2, 0.25) is 0 Å². The van der Waals surface area contributed by atoms with E-state index in [0.717, 1.165) is 11.0 Å². The molecule has 0 fully saturated rings. The van der Waals surface area contributed by atoms with E-state index in [0.29, 0.717) is 5.76 Å². The second-order valence-electron chi connectivity index (χ2n) is 4.61. The van der Waals surface area contributed by atoms with E-state index in [1.165, 1.54) is 0 Å². The van der Waals surface area contributed by atoms with Crippen LogP contribution in [0.25, 0.3) is 11.0 Å². The minimum Gasteiger partial charge on any atom is -0.459 e. The molecule has 0 aliphatic heterocycles. The highest BCUT2D eigenvalue weighted by atomic mass is 16.3. The van der Waals surface area contributed by atoms with Crippen molar-refractivity contribution < 1.29 is 14.3 Å². The molecule has 0 spiro atoms. The van der Waals surface area contributed by atoms with Crippen molar-refractivity contribution in [3.05, 3.63) is 36.1 Å². The fraction of sp³-hybridized carbons (Fsp3) is 0.357. The van der Waals surface area contributed by atoms with Gasteiger partial charge < -0.3 is 20.2 Å². The maximum Gasteiger partial charge on any atom is 0.315 e. The van der Waals surface area contributed by atoms with Gasteiger partial charge in [-0.15, -0.1) is 0 Å². The minimum absolute atomic E-state index is 0.0908. The number of amides is 2. The molecule has 0 aliphatic rings. The number of para-hydroxylation sites is 1. The number of hydrogen-bond acceptors (Lipinski definition) is 3. The second kappa shape index (κ2) is 5.75. The van der Waals surface area contributed by atoms with Gasteiger partial charge in [0, 0.05) is 5.39 Å². The Morgan fingerprint density at radius 2 is 2.05 bits per heavy atom. The first-order valence-corrected chi connectivity index (χ1v) is 6.26. The smallest absolute Gasteiger partial charge is 0.315 e. The molecule has 3 N–H and O–H groups in total. The van der Waals surface area contributed by atoms with E-state index in [1.54, 1.807) is 6.92 Å². The third kappa shape index (κ3) is 3.26. The zero-order valence-corrected chi connectivity index (χ0v) is 11.0. The van der Waals surface area contributed by atoms with Gasteiger partial charge in [-0.25, -0.2) is 4.79 Å². The average molecular weight is 262 g/mol. The van der Waals surface area contributed by atoms with Gasteiger partial charge in [0.05, 0.1) is 18.7 Å². The molecule has 0 unspecified atom stereocenters. The van der Waals surface area contributed by atoms with Crippen molar-refractivity contribution in [1.29, 1.82) is 0 Å². The number of aliphatic hydroxyl groups is 1. The number of furan rings is 1. The van der Waals surface area contributed by atoms with E-state index in [9.17, 15) is 4.79 Å². The summed E-state index contributed by atoms with van der Waals surface area (Å²) in [5, 5.41) is 15.3. The number of rotatable bonds is 4. The summed E-state index contributed by atoms with van der Waals surface area (Å²) in [6.07, 6.45) is 0. The fourth-order valence-corrected chi connectivity index (χ4v) is 1.79. The van der Waals surface area contributed by atoms with E-state index in [-0.39, 0.29) is 24.7 Å². The summed E-state index contributed by atoms with van der Waals surface area (Å²) < 4.78 is 5.67. The predicted octanol–water partition coefficient (Wildman–Crippen LogP) is 2.17. The Labute approximate surface area is 111 Å². The monoisotopic (exact) mass is 262 g/mol. The van der Waals surface area contributed by atoms with Crippen LogP contribution in [0.5, 0.6) is 0 Å². The summed E-state index contributed by atoms with van der Waals surface area (Å²) in [5.41, 5.74) is 0.801. The Morgan fingerprint density at radius 1 is 1.32 bits per heavy atom. The van der Waals surface area contributed by atoms with Crippen LogP contribution in [0.3, 0.4) is 0 Å². The van der Waals surface area contributed by atoms with Crippen LogP contribution in [0, 0.1) is 0 Å². The van der Waals surface area contributed by atoms with E-state index >= 15 is 0 Å². The van der Waals surface area contributed by atoms with Gasteiger partial charge in [-0.05, 0) is 26.0 Å². The Hall–Kier alpha value is -2.01. The lowest BCUT2D eigenvalue weighted by Gasteiger charge is -2.15. The summed E-state index contributed by atoms with van der Waals surface area (Å²) >= 11 is 0. The Bertz CT molecular complexity index is 532. The van der Waals surface area contributed by atoms with Crippen LogP contribution in [0.1, 0.15) is 25.6 Å². The van der Waals surface area contributed by atoms with E-state index in [2.05, 4.69) is 10.6 Å². The standard InChI is InChI=1S/C14H18N2O3/c1-9(8-17)15-14(18)16-10(2)13-7-11-5-3-4-6-12(11)19-13/h3-7,9-10,17H,8H2,1-2H3,(H2,15,16,18)/t9-,10-/m1/s1. The molecule has 19 heavy (non-hydrogen) atoms. The average Bonchev–Trinajstić information content (AvgIpc) is 2.82. The summed E-state index contributed by atoms with van der Waals surface area (Å²) in [6, 6.07) is 8.77. The van der Waals surface area contributed by atoms with Gasteiger partial charge in [0.15, 0.2) is 0 Å². The number of benzene rings is 1. The van der Waals surface area contributed by atoms with E-state index < -0.39 is 0 Å². The number of carbonyl (C=O) groups is 1. The first-order chi connectivity index (χ1) is 9.10. The van der Waals surface area contributed by atoms with Crippen molar-refractivity contribution in [2.75, 3.05) is 6.61 Å². The van der Waals surface area contributed by atoms with Crippen LogP contribution in [0.4, 0.5) is 4.79 Å². The van der Waals surface area contributed by atoms with Crippen molar-refractivity contribution in [3.8, 4) is 0 Å². The molecule has 1 heterocycles. The lowest BCUT2D eigenvalue weighted by Crippen LogP contribution is -2.43. The highest BCUT2D eigenvalue weighted by Gasteiger charge is 2.14. The first kappa shape index (κ1) is 13.4. The quantitative estimate of drug-likeness (QED) is 0.790. The zero-order chi connectivity index (χ0) is 13.8. The van der Waals surface area contributed by atoms with Gasteiger partial charge >= 0.3 is 6.03 Å². The molecule has 5 heteroatoms. The lowest BCUT2D eigenvalue weighted by molar-refractivity contribution is 0.217. The minimum atomic E-state index is -0.325. The molecule has 2 rings (SSSR count). The van der Waals surface area contributed by atoms with Gasteiger partial charge in [-0.1, -0.05) is 18.2 Å². The van der Waals surface area contributed by atoms with Crippen molar-refractivity contribution in [2.24, 2.45) is 0 Å². The number of aliphatic hydroxyl groups excluding tert-OH is 1. The Balaban J connectivity index is 2.03. The van der Waals surface area contributed by atoms with Crippen LogP contribution in [-0.4, -0.2) is 23.8 Å². The normalized spacial score (nSPS) is 14.1. The highest BCUT2D eigenvalue weighted by molar-refractivity contribution is 5.78. The molecule has 0 aliphatic carbocycles. The van der Waals surface area contributed by atoms with Gasteiger partial charge in [0.1, 0.15) is 11.3 Å². The van der Waals surface area contributed by atoms with Crippen LogP contribution in [-0.2, 0) is 0 Å². The molecule has 102 valence electrons. The van der Waals surface area contributed by atoms with E-state index in [1.807, 2.05) is 37.3 Å². The molecular weight excluding hydrogens is 244 g/mol. The molecule has 0 radical (unpaired) electrons. The predicted molar refractivity (Wildman–Crippen MR) is 72.8 cm³/mol. The number of hydrogen-bond donors (Lipinski definition) is 3. The molecule has 2 amide bonds. The maximum absolute atomic E-state index is 11.6. The zero-order valence-electron chi connectivity index (χ0n) is 11.0. The second-order valence-corrected chi connectivity index (χ2v) is 4.61. The van der Waals surface area contributed by atoms with Crippen LogP contribution >= 0.6 is 0 Å². The fourth-order valence-electron chi connectivity index (χ4n) is 1.79. The maximum atomic E-state index is 11.6. The van der Waals surface area contributed by atoms with E-state index in [4.69, 9.17) is 9.52 Å². The third-order valence-corrected chi connectivity index (χ3v) is 2.87. The Kier molecular flexibility index (Phi) is 4.06. The highest BCUT2D eigenvalue weighted by Crippen LogP contribution is 2.23. The van der Waals surface area contributed by atoms with Gasteiger partial charge in [-0.2, -0.15) is 0 Å². The first-order valence-electron chi connectivity index (χ1n) is 6.26. The van der Waals surface area contributed by atoms with Gasteiger partial charge in [0.25, 0.3) is 0 Å². The SMILES string of the molecule is C[C@H](CO)NC(=O)N[C@H](C)c1cc2ccccc2o1. The summed E-state index contributed by atoms with van der Waals surface area (Å²) in [7, 11) is 0. The summed E-state index contributed by atoms with van der Waals surface area (Å²) in [6.45, 7) is 3.48. The molecule has 5 nitrogen and oxygen atoms in total. The Morgan fingerprint density at radius 3 is 2.74 bits per heavy atom. The molecule has 2 aromatic rings. The largest absolute Gasteiger partial charge is 0.459 e. The van der Waals surface area contributed by atoms with Crippen LogP contribution < -0.4 is 10.6 Å². The molecule has 0 bridgehead atoms. The summed E-state index contributed by atoms with van der Waals surface area (Å²) in [4.78, 5) is 11.6. The van der Waals surface area contributed by atoms with Crippen molar-refractivity contribution >= 4 is 17.0 Å². The molecule has 1 aromatic carbocycles. The lowest BCUT2D eigenvalue weighted by atomic mass is 10.2. The number of carbonyl (C=O) groups excluding carboxylic acids is 1. The third-order valence-electron chi connectivity index (χ3n) is 2.87. The molecule has 2 atom stereocenters. The summed E-state index contributed by atoms with van der Waals surface area (Å²) in [5.74, 6) is 0.702. The molecule has 0 saturated heterocycles. The molecule has 0 saturated carbocycles. The topological polar surface area (TPSA) is 74.5 Å². The molecule has 1 aromatic heterocycles. The van der Waals surface area contributed by atoms with Crippen molar-refractivity contribution in [3.63, 3.8) is 0 Å².